The second kappa shape index (κ2) is 34.3. The monoisotopic (exact) mass is 649 g/mol. The molecular weight excluding hydrogens is 567 g/mol. The second-order valence-corrected chi connectivity index (χ2v) is 14.7. The van der Waals surface area contributed by atoms with E-state index in [0.29, 0.717) is 0 Å². The van der Waals surface area contributed by atoms with E-state index in [9.17, 15) is 0 Å². The summed E-state index contributed by atoms with van der Waals surface area (Å²) in [5, 5.41) is 0. The van der Waals surface area contributed by atoms with Gasteiger partial charge in [-0.15, -0.1) is 0 Å². The lowest BCUT2D eigenvalue weighted by atomic mass is 10.0. The summed E-state index contributed by atoms with van der Waals surface area (Å²) >= 11 is 0. The quantitative estimate of drug-likeness (QED) is 0.0390. The Hall–Kier alpha value is -1.60. The highest BCUT2D eigenvalue weighted by atomic mass is 15.3. The van der Waals surface area contributed by atoms with Crippen LogP contribution in [-0.2, 0) is 6.54 Å². The topological polar surface area (TPSA) is 0 Å². The first-order valence-corrected chi connectivity index (χ1v) is 21.0. The van der Waals surface area contributed by atoms with Gasteiger partial charge in [-0.05, 0) is 97.8 Å². The summed E-state index contributed by atoms with van der Waals surface area (Å²) in [6, 6.07) is 11.5. The lowest BCUT2D eigenvalue weighted by Gasteiger charge is -2.39. The fraction of sp³-hybridized carbons (Fsp3) is 0.739. The van der Waals surface area contributed by atoms with Crippen molar-refractivity contribution < 1.29 is 4.48 Å². The highest BCUT2D eigenvalue weighted by molar-refractivity contribution is 5.13. The van der Waals surface area contributed by atoms with Crippen LogP contribution in [0, 0.1) is 0 Å². The van der Waals surface area contributed by atoms with Crippen molar-refractivity contribution in [3.8, 4) is 0 Å². The Morgan fingerprint density at radius 1 is 0.362 bits per heavy atom. The van der Waals surface area contributed by atoms with Crippen molar-refractivity contribution >= 4 is 0 Å². The Morgan fingerprint density at radius 3 is 0.936 bits per heavy atom. The van der Waals surface area contributed by atoms with E-state index in [1.54, 1.807) is 5.56 Å². The molecule has 1 nitrogen and oxygen atoms in total. The van der Waals surface area contributed by atoms with E-state index in [2.05, 4.69) is 87.6 Å². The minimum Gasteiger partial charge on any atom is -0.320 e. The number of benzene rings is 1. The molecule has 0 saturated heterocycles. The lowest BCUT2D eigenvalue weighted by molar-refractivity contribution is -0.941. The molecule has 0 aliphatic carbocycles. The molecule has 0 radical (unpaired) electrons. The van der Waals surface area contributed by atoms with E-state index in [0.717, 1.165) is 0 Å². The molecule has 1 rings (SSSR count). The Kier molecular flexibility index (Phi) is 31.7. The van der Waals surface area contributed by atoms with Crippen LogP contribution >= 0.6 is 0 Å². The van der Waals surface area contributed by atoms with Gasteiger partial charge in [-0.25, -0.2) is 0 Å². The molecule has 1 aromatic carbocycles. The molecular formula is C46H82N+. The van der Waals surface area contributed by atoms with Crippen LogP contribution in [-0.4, -0.2) is 24.1 Å². The zero-order valence-corrected chi connectivity index (χ0v) is 32.2. The smallest absolute Gasteiger partial charge is 0.104 e. The van der Waals surface area contributed by atoms with E-state index in [-0.39, 0.29) is 0 Å². The molecule has 0 N–H and O–H groups in total. The fourth-order valence-corrected chi connectivity index (χ4v) is 7.35. The zero-order chi connectivity index (χ0) is 33.8. The molecule has 0 atom stereocenters. The number of quaternary nitrogens is 1. The molecule has 0 heterocycles. The van der Waals surface area contributed by atoms with Crippen molar-refractivity contribution in [2.45, 2.75) is 201 Å². The van der Waals surface area contributed by atoms with Gasteiger partial charge in [-0.1, -0.05) is 163 Å². The van der Waals surface area contributed by atoms with Gasteiger partial charge < -0.3 is 4.48 Å². The van der Waals surface area contributed by atoms with E-state index in [1.165, 1.54) is 204 Å². The van der Waals surface area contributed by atoms with Crippen molar-refractivity contribution in [3.63, 3.8) is 0 Å². The Labute approximate surface area is 296 Å². The van der Waals surface area contributed by atoms with Crippen molar-refractivity contribution in [2.75, 3.05) is 19.6 Å². The van der Waals surface area contributed by atoms with Gasteiger partial charge in [0.15, 0.2) is 0 Å². The molecule has 0 bridgehead atoms. The third-order valence-electron chi connectivity index (χ3n) is 10.3. The molecule has 1 aromatic rings. The van der Waals surface area contributed by atoms with Crippen LogP contribution in [0.2, 0.25) is 0 Å². The SMILES string of the molecule is C/C=C/CCCCCCCCCC[N+](CCCCCCCCCC/C=C/C)(CCCCCCCCCC/C=C/C)Cc1ccccc1. The summed E-state index contributed by atoms with van der Waals surface area (Å²) in [5.41, 5.74) is 1.56. The second-order valence-electron chi connectivity index (χ2n) is 14.7. The van der Waals surface area contributed by atoms with Crippen LogP contribution in [0.15, 0.2) is 66.8 Å². The summed E-state index contributed by atoms with van der Waals surface area (Å²) in [4.78, 5) is 0. The van der Waals surface area contributed by atoms with Crippen molar-refractivity contribution in [3.05, 3.63) is 72.4 Å². The molecule has 47 heavy (non-hydrogen) atoms. The van der Waals surface area contributed by atoms with Gasteiger partial charge in [0.1, 0.15) is 6.54 Å². The average Bonchev–Trinajstić information content (AvgIpc) is 3.09. The number of rotatable bonds is 35. The normalized spacial score (nSPS) is 12.4. The van der Waals surface area contributed by atoms with E-state index in [1.807, 2.05) is 0 Å². The summed E-state index contributed by atoms with van der Waals surface area (Å²) in [7, 11) is 0. The first-order valence-electron chi connectivity index (χ1n) is 21.0. The first kappa shape index (κ1) is 43.4. The van der Waals surface area contributed by atoms with Crippen LogP contribution in [0.4, 0.5) is 0 Å². The maximum absolute atomic E-state index is 2.40. The zero-order valence-electron chi connectivity index (χ0n) is 32.2. The van der Waals surface area contributed by atoms with Gasteiger partial charge in [-0.2, -0.15) is 0 Å². The molecule has 270 valence electrons. The van der Waals surface area contributed by atoms with Gasteiger partial charge in [0.2, 0.25) is 0 Å². The molecule has 0 aliphatic rings. The van der Waals surface area contributed by atoms with Gasteiger partial charge in [-0.3, -0.25) is 0 Å². The van der Waals surface area contributed by atoms with Crippen molar-refractivity contribution in [1.29, 1.82) is 0 Å². The molecule has 0 amide bonds. The summed E-state index contributed by atoms with van der Waals surface area (Å²) in [6.45, 7) is 11.8. The van der Waals surface area contributed by atoms with Gasteiger partial charge >= 0.3 is 0 Å². The minimum absolute atomic E-state index is 1.24. The van der Waals surface area contributed by atoms with Crippen molar-refractivity contribution in [2.24, 2.45) is 0 Å². The number of unbranched alkanes of at least 4 members (excludes halogenated alkanes) is 24. The summed E-state index contributed by atoms with van der Waals surface area (Å²) < 4.78 is 1.34. The van der Waals surface area contributed by atoms with Crippen LogP contribution in [0.1, 0.15) is 200 Å². The predicted octanol–water partition coefficient (Wildman–Crippen LogP) is 15.3. The van der Waals surface area contributed by atoms with Gasteiger partial charge in [0.05, 0.1) is 19.6 Å². The van der Waals surface area contributed by atoms with Gasteiger partial charge in [0.25, 0.3) is 0 Å². The molecule has 0 fully saturated rings. The molecule has 0 aliphatic heterocycles. The number of hydrogen-bond acceptors (Lipinski definition) is 0. The van der Waals surface area contributed by atoms with E-state index in [4.69, 9.17) is 0 Å². The fourth-order valence-electron chi connectivity index (χ4n) is 7.35. The molecule has 0 aromatic heterocycles. The summed E-state index contributed by atoms with van der Waals surface area (Å²) in [5.74, 6) is 0. The first-order chi connectivity index (χ1) is 23.3. The largest absolute Gasteiger partial charge is 0.320 e. The Balaban J connectivity index is 2.57. The van der Waals surface area contributed by atoms with E-state index >= 15 is 0 Å². The maximum atomic E-state index is 2.40. The van der Waals surface area contributed by atoms with Crippen LogP contribution in [0.5, 0.6) is 0 Å². The van der Waals surface area contributed by atoms with Crippen LogP contribution < -0.4 is 0 Å². The molecule has 0 saturated carbocycles. The Bertz CT molecular complexity index is 755. The summed E-state index contributed by atoms with van der Waals surface area (Å²) in [6.07, 6.45) is 51.4. The minimum atomic E-state index is 1.24. The highest BCUT2D eigenvalue weighted by Gasteiger charge is 2.26. The lowest BCUT2D eigenvalue weighted by Crippen LogP contribution is -2.49. The van der Waals surface area contributed by atoms with Crippen molar-refractivity contribution in [1.82, 2.24) is 0 Å². The van der Waals surface area contributed by atoms with E-state index < -0.39 is 0 Å². The standard InChI is InChI=1S/C46H82N/c1-4-7-10-13-16-19-22-25-28-31-37-42-47(45-46-40-35-34-36-41-46,43-38-32-29-26-23-20-17-14-11-8-5-2)44-39-33-30-27-24-21-18-15-12-9-6-3/h4-9,34-36,40-41H,10-33,37-39,42-45H2,1-3H3/q+1/b7-4+,8-5+,9-6+. The van der Waals surface area contributed by atoms with Crippen LogP contribution in [0.3, 0.4) is 0 Å². The third-order valence-corrected chi connectivity index (χ3v) is 10.3. The number of hydrogen-bond donors (Lipinski definition) is 0. The average molecular weight is 649 g/mol. The predicted molar refractivity (Wildman–Crippen MR) is 214 cm³/mol. The van der Waals surface area contributed by atoms with Gasteiger partial charge in [0, 0.05) is 5.56 Å². The maximum Gasteiger partial charge on any atom is 0.104 e. The third kappa shape index (κ3) is 28.0. The molecule has 0 unspecified atom stereocenters. The number of allylic oxidation sites excluding steroid dienone is 6. The molecule has 1 heteroatoms. The molecule has 0 spiro atoms. The number of nitrogens with zero attached hydrogens (tertiary/aromatic N) is 1. The Morgan fingerprint density at radius 2 is 0.638 bits per heavy atom. The van der Waals surface area contributed by atoms with Crippen LogP contribution in [0.25, 0.3) is 0 Å². The highest BCUT2D eigenvalue weighted by Crippen LogP contribution is 2.23.